The summed E-state index contributed by atoms with van der Waals surface area (Å²) < 4.78 is 30.9. The van der Waals surface area contributed by atoms with E-state index in [-0.39, 0.29) is 16.8 Å². The van der Waals surface area contributed by atoms with E-state index in [1.54, 1.807) is 0 Å². The van der Waals surface area contributed by atoms with Crippen molar-refractivity contribution < 1.29 is 13.2 Å². The fourth-order valence-corrected chi connectivity index (χ4v) is 3.81. The van der Waals surface area contributed by atoms with Gasteiger partial charge in [-0.25, -0.2) is 8.42 Å². The van der Waals surface area contributed by atoms with Crippen molar-refractivity contribution in [1.82, 2.24) is 4.31 Å². The van der Waals surface area contributed by atoms with Gasteiger partial charge in [-0.3, -0.25) is 0 Å². The van der Waals surface area contributed by atoms with E-state index in [0.717, 1.165) is 0 Å². The molecule has 1 aliphatic rings. The van der Waals surface area contributed by atoms with E-state index >= 15 is 0 Å². The zero-order valence-corrected chi connectivity index (χ0v) is 11.4. The van der Waals surface area contributed by atoms with Gasteiger partial charge in [0.2, 0.25) is 10.0 Å². The zero-order chi connectivity index (χ0) is 12.6. The van der Waals surface area contributed by atoms with Crippen LogP contribution in [0.15, 0.2) is 0 Å². The lowest BCUT2D eigenvalue weighted by Crippen LogP contribution is -2.54. The van der Waals surface area contributed by atoms with Crippen LogP contribution >= 0.6 is 12.2 Å². The van der Waals surface area contributed by atoms with Gasteiger partial charge in [0.15, 0.2) is 0 Å². The third kappa shape index (κ3) is 3.65. The molecule has 1 heterocycles. The van der Waals surface area contributed by atoms with Crippen LogP contribution in [0.5, 0.6) is 0 Å². The van der Waals surface area contributed by atoms with E-state index in [9.17, 15) is 8.42 Å². The van der Waals surface area contributed by atoms with Crippen molar-refractivity contribution in [2.75, 3.05) is 18.8 Å². The first-order valence-electron chi connectivity index (χ1n) is 5.06. The van der Waals surface area contributed by atoms with Crippen LogP contribution in [0, 0.1) is 0 Å². The highest BCUT2D eigenvalue weighted by Gasteiger charge is 2.37. The molecule has 7 heteroatoms. The Bertz CT molecular complexity index is 378. The van der Waals surface area contributed by atoms with E-state index in [4.69, 9.17) is 10.5 Å². The highest BCUT2D eigenvalue weighted by atomic mass is 32.2. The normalized spacial score (nSPS) is 26.6. The molecular formula is C9H18N2O3S2. The van der Waals surface area contributed by atoms with E-state index in [1.807, 2.05) is 20.8 Å². The minimum Gasteiger partial charge on any atom is -0.392 e. The maximum atomic E-state index is 11.9. The molecule has 1 fully saturated rings. The van der Waals surface area contributed by atoms with Gasteiger partial charge >= 0.3 is 0 Å². The molecule has 0 spiro atoms. The Labute approximate surface area is 102 Å². The zero-order valence-electron chi connectivity index (χ0n) is 9.76. The number of rotatable bonds is 3. The molecule has 0 aromatic heterocycles. The number of nitrogens with zero attached hydrogens (tertiary/aromatic N) is 1. The topological polar surface area (TPSA) is 72.6 Å². The lowest BCUT2D eigenvalue weighted by Gasteiger charge is -2.40. The molecule has 1 rings (SSSR count). The van der Waals surface area contributed by atoms with Crippen molar-refractivity contribution in [3.8, 4) is 0 Å². The second kappa shape index (κ2) is 4.56. The highest BCUT2D eigenvalue weighted by Crippen LogP contribution is 2.22. The number of hydrogen-bond donors (Lipinski definition) is 1. The van der Waals surface area contributed by atoms with Crippen LogP contribution in [-0.2, 0) is 14.8 Å². The summed E-state index contributed by atoms with van der Waals surface area (Å²) in [6, 6.07) is 0. The number of nitrogens with two attached hydrogens (primary N) is 1. The summed E-state index contributed by atoms with van der Waals surface area (Å²) in [6.45, 7) is 6.28. The number of sulfonamides is 1. The molecule has 0 amide bonds. The molecule has 0 aromatic carbocycles. The number of thiocarbonyl (C=S) groups is 1. The first kappa shape index (κ1) is 13.8. The molecule has 0 aromatic rings. The van der Waals surface area contributed by atoms with Crippen LogP contribution in [-0.4, -0.2) is 48.3 Å². The van der Waals surface area contributed by atoms with E-state index in [2.05, 4.69) is 12.2 Å². The van der Waals surface area contributed by atoms with Gasteiger partial charge in [-0.05, 0) is 20.8 Å². The lowest BCUT2D eigenvalue weighted by molar-refractivity contribution is -0.109. The fourth-order valence-electron chi connectivity index (χ4n) is 1.88. The van der Waals surface area contributed by atoms with Crippen LogP contribution in [0.25, 0.3) is 0 Å². The third-order valence-electron chi connectivity index (χ3n) is 2.26. The Morgan fingerprint density at radius 2 is 2.19 bits per heavy atom. The Balaban J connectivity index is 2.84. The largest absolute Gasteiger partial charge is 0.392 e. The first-order chi connectivity index (χ1) is 7.12. The summed E-state index contributed by atoms with van der Waals surface area (Å²) in [5, 5.41) is 0. The maximum Gasteiger partial charge on any atom is 0.220 e. The predicted octanol–water partition coefficient (Wildman–Crippen LogP) is 0.102. The SMILES string of the molecule is CC1CN(S(=O)(=O)CC(N)=S)CC(C)(C)O1. The molecule has 16 heavy (non-hydrogen) atoms. The number of ether oxygens (including phenoxy) is 1. The Morgan fingerprint density at radius 3 is 2.62 bits per heavy atom. The van der Waals surface area contributed by atoms with Gasteiger partial charge in [0.05, 0.1) is 16.7 Å². The highest BCUT2D eigenvalue weighted by molar-refractivity contribution is 7.92. The molecule has 0 saturated carbocycles. The van der Waals surface area contributed by atoms with Crippen LogP contribution in [0.3, 0.4) is 0 Å². The van der Waals surface area contributed by atoms with E-state index in [1.165, 1.54) is 4.31 Å². The van der Waals surface area contributed by atoms with Crippen LogP contribution in [0.1, 0.15) is 20.8 Å². The smallest absolute Gasteiger partial charge is 0.220 e. The van der Waals surface area contributed by atoms with Crippen molar-refractivity contribution in [3.05, 3.63) is 0 Å². The Kier molecular flexibility index (Phi) is 3.94. The summed E-state index contributed by atoms with van der Waals surface area (Å²) >= 11 is 4.64. The number of morpholine rings is 1. The second-order valence-corrected chi connectivity index (χ2v) is 7.20. The van der Waals surface area contributed by atoms with Crippen molar-refractivity contribution >= 4 is 27.2 Å². The van der Waals surface area contributed by atoms with Crippen molar-refractivity contribution in [2.45, 2.75) is 32.5 Å². The maximum absolute atomic E-state index is 11.9. The van der Waals surface area contributed by atoms with E-state index in [0.29, 0.717) is 13.1 Å². The minimum atomic E-state index is -3.40. The van der Waals surface area contributed by atoms with Gasteiger partial charge in [-0.15, -0.1) is 0 Å². The fraction of sp³-hybridized carbons (Fsp3) is 0.889. The quantitative estimate of drug-likeness (QED) is 0.734. The molecule has 0 bridgehead atoms. The standard InChI is InChI=1S/C9H18N2O3S2/c1-7-4-11(6-9(2,3)14-7)16(12,13)5-8(10)15/h7H,4-6H2,1-3H3,(H2,10,15). The summed E-state index contributed by atoms with van der Waals surface area (Å²) in [6.07, 6.45) is -0.120. The van der Waals surface area contributed by atoms with Gasteiger partial charge in [0, 0.05) is 13.1 Å². The van der Waals surface area contributed by atoms with Crippen molar-refractivity contribution in [2.24, 2.45) is 5.73 Å². The third-order valence-corrected chi connectivity index (χ3v) is 4.32. The molecular weight excluding hydrogens is 248 g/mol. The number of hydrogen-bond acceptors (Lipinski definition) is 4. The van der Waals surface area contributed by atoms with Gasteiger partial charge in [0.25, 0.3) is 0 Å². The minimum absolute atomic E-state index is 0.00282. The Morgan fingerprint density at radius 1 is 1.62 bits per heavy atom. The molecule has 1 atom stereocenters. The predicted molar refractivity (Wildman–Crippen MR) is 66.8 cm³/mol. The van der Waals surface area contributed by atoms with Gasteiger partial charge in [-0.2, -0.15) is 4.31 Å². The lowest BCUT2D eigenvalue weighted by atomic mass is 10.1. The Hall–Kier alpha value is -0.240. The first-order valence-corrected chi connectivity index (χ1v) is 7.08. The molecule has 1 aliphatic heterocycles. The van der Waals surface area contributed by atoms with Crippen LogP contribution < -0.4 is 5.73 Å². The van der Waals surface area contributed by atoms with E-state index < -0.39 is 15.6 Å². The van der Waals surface area contributed by atoms with Crippen molar-refractivity contribution in [1.29, 1.82) is 0 Å². The molecule has 1 unspecified atom stereocenters. The van der Waals surface area contributed by atoms with Crippen LogP contribution in [0.2, 0.25) is 0 Å². The molecule has 0 aliphatic carbocycles. The van der Waals surface area contributed by atoms with Crippen LogP contribution in [0.4, 0.5) is 0 Å². The van der Waals surface area contributed by atoms with Gasteiger partial charge in [-0.1, -0.05) is 12.2 Å². The average molecular weight is 266 g/mol. The summed E-state index contributed by atoms with van der Waals surface area (Å²) in [7, 11) is -3.40. The molecule has 0 radical (unpaired) electrons. The van der Waals surface area contributed by atoms with Gasteiger partial charge in [0.1, 0.15) is 5.75 Å². The molecule has 1 saturated heterocycles. The monoisotopic (exact) mass is 266 g/mol. The molecule has 2 N–H and O–H groups in total. The average Bonchev–Trinajstić information content (AvgIpc) is 1.96. The van der Waals surface area contributed by atoms with Crippen molar-refractivity contribution in [3.63, 3.8) is 0 Å². The van der Waals surface area contributed by atoms with Gasteiger partial charge < -0.3 is 10.5 Å². The second-order valence-electron chi connectivity index (χ2n) is 4.70. The molecule has 5 nitrogen and oxygen atoms in total. The summed E-state index contributed by atoms with van der Waals surface area (Å²) in [5.41, 5.74) is 4.81. The molecule has 94 valence electrons. The summed E-state index contributed by atoms with van der Waals surface area (Å²) in [4.78, 5) is -0.00282. The summed E-state index contributed by atoms with van der Waals surface area (Å²) in [5.74, 6) is -0.273.